The van der Waals surface area contributed by atoms with Crippen molar-refractivity contribution in [1.82, 2.24) is 19.9 Å². The van der Waals surface area contributed by atoms with Crippen LogP contribution in [0, 0.1) is 36.5 Å². The number of fused-ring (bicyclic) bond motifs is 4. The number of nitrogens with one attached hydrogen (secondary N) is 1. The average molecular weight is 1130 g/mol. The monoisotopic (exact) mass is 1130 g/mol. The quantitative estimate of drug-likeness (QED) is 0.0765. The van der Waals surface area contributed by atoms with E-state index in [2.05, 4.69) is 131 Å². The van der Waals surface area contributed by atoms with Crippen LogP contribution in [0.5, 0.6) is 5.75 Å². The molecule has 0 atom stereocenters. The Morgan fingerprint density at radius 1 is 0.740 bits per heavy atom. The molecule has 73 heavy (non-hydrogen) atoms. The highest BCUT2D eigenvalue weighted by Gasteiger charge is 2.40. The second-order valence-electron chi connectivity index (χ2n) is 18.0. The fourth-order valence-electron chi connectivity index (χ4n) is 7.21. The molecule has 0 saturated carbocycles. The molecule has 8 aromatic rings. The maximum Gasteiger partial charge on any atom is 0.286 e. The zero-order valence-electron chi connectivity index (χ0n) is 41.8. The van der Waals surface area contributed by atoms with Crippen LogP contribution in [0.25, 0.3) is 21.9 Å². The van der Waals surface area contributed by atoms with Gasteiger partial charge in [0.05, 0.1) is 63.6 Å². The highest BCUT2D eigenvalue weighted by atomic mass is 79.9. The third kappa shape index (κ3) is 14.2. The smallest absolute Gasteiger partial charge is 0.286 e. The standard InChI is InChI=1S/C17H15N3O3.C15H22BrNOSi.2C8H8N2O.C6H3BrN2/c1-10-17(14-6-7-18-9-16(14)22-10)19-12-3-4-13-11(8-12)2-5-15(13)20-23-21;1-15(2,3)19(4,5)18-17-14-9-6-11-10-12(16)7-8-13(11)14;1-5-8(9)6-2-3-10-4-7(6)11-5;1-2-11-8-6-10-4-3-7(8)5-9;7-6-4-9-2-1-5(6)3-8/h3-4,6-9,19,21H,2,5H2,1H3;7-8,10H,6,9H2,1-5H3;2-4H,9H2,1H3;3-4,6H,2H2,1H3;1-2,4H/b20-15+;17-14+;;;. The number of oxime groups is 2. The van der Waals surface area contributed by atoms with Gasteiger partial charge in [0.1, 0.15) is 23.7 Å². The van der Waals surface area contributed by atoms with E-state index >= 15 is 0 Å². The minimum atomic E-state index is -1.80. The number of aromatic nitrogens is 4. The summed E-state index contributed by atoms with van der Waals surface area (Å²) in [4.78, 5) is 19.5. The Kier molecular flexibility index (Phi) is 19.0. The van der Waals surface area contributed by atoms with Crippen molar-refractivity contribution in [2.45, 2.75) is 85.4 Å². The van der Waals surface area contributed by atoms with Gasteiger partial charge in [-0.15, -0.1) is 5.16 Å². The molecule has 0 fully saturated rings. The number of aryl methyl sites for hydroxylation is 4. The topological polar surface area (TPSA) is 236 Å². The van der Waals surface area contributed by atoms with Gasteiger partial charge in [0.25, 0.3) is 8.32 Å². The molecule has 19 heteroatoms. The lowest BCUT2D eigenvalue weighted by molar-refractivity contribution is -0.243. The molecule has 0 aliphatic heterocycles. The molecule has 6 heterocycles. The number of nitrogens with two attached hydrogens (primary N) is 1. The lowest BCUT2D eigenvalue weighted by atomic mass is 10.1. The zero-order valence-corrected chi connectivity index (χ0v) is 46.0. The van der Waals surface area contributed by atoms with E-state index < -0.39 is 8.32 Å². The van der Waals surface area contributed by atoms with Gasteiger partial charge in [-0.2, -0.15) is 15.8 Å². The summed E-state index contributed by atoms with van der Waals surface area (Å²) >= 11 is 6.69. The Bertz CT molecular complexity index is 3340. The van der Waals surface area contributed by atoms with Gasteiger partial charge in [-0.25, -0.2) is 4.99 Å². The summed E-state index contributed by atoms with van der Waals surface area (Å²) < 4.78 is 24.0. The number of hydrogen-bond acceptors (Lipinski definition) is 16. The molecule has 4 N–H and O–H groups in total. The molecular weight excluding hydrogens is 1070 g/mol. The van der Waals surface area contributed by atoms with Crippen molar-refractivity contribution >= 4 is 90.6 Å². The summed E-state index contributed by atoms with van der Waals surface area (Å²) in [6.45, 7) is 17.4. The van der Waals surface area contributed by atoms with E-state index in [-0.39, 0.29) is 5.04 Å². The molecule has 0 saturated heterocycles. The molecule has 2 aromatic carbocycles. The molecule has 376 valence electrons. The van der Waals surface area contributed by atoms with Gasteiger partial charge < -0.3 is 29.1 Å². The van der Waals surface area contributed by atoms with Gasteiger partial charge in [-0.3, -0.25) is 19.9 Å². The van der Waals surface area contributed by atoms with Gasteiger partial charge >= 0.3 is 0 Å². The summed E-state index contributed by atoms with van der Waals surface area (Å²) in [6, 6.07) is 23.6. The molecule has 10 rings (SSSR count). The summed E-state index contributed by atoms with van der Waals surface area (Å²) in [7, 11) is -1.80. The molecule has 0 amide bonds. The van der Waals surface area contributed by atoms with Crippen molar-refractivity contribution < 1.29 is 28.3 Å². The van der Waals surface area contributed by atoms with Crippen LogP contribution < -0.4 is 15.8 Å². The second kappa shape index (κ2) is 25.3. The Labute approximate surface area is 442 Å². The average Bonchev–Trinajstić information content (AvgIpc) is 4.14. The maximum atomic E-state index is 8.59. The second-order valence-corrected chi connectivity index (χ2v) is 24.5. The molecule has 0 unspecified atom stereocenters. The molecule has 2 aliphatic carbocycles. The summed E-state index contributed by atoms with van der Waals surface area (Å²) in [5.74, 6) is 2.13. The van der Waals surface area contributed by atoms with Crippen molar-refractivity contribution in [2.24, 2.45) is 10.3 Å². The van der Waals surface area contributed by atoms with Gasteiger partial charge in [-0.05, 0) is 145 Å². The Hall–Kier alpha value is -7.42. The molecule has 0 bridgehead atoms. The van der Waals surface area contributed by atoms with Crippen LogP contribution in [-0.4, -0.2) is 51.5 Å². The van der Waals surface area contributed by atoms with Crippen molar-refractivity contribution in [3.8, 4) is 17.9 Å². The first-order chi connectivity index (χ1) is 35.0. The van der Waals surface area contributed by atoms with Crippen molar-refractivity contribution in [3.63, 3.8) is 0 Å². The number of nitriles is 2. The van der Waals surface area contributed by atoms with E-state index in [4.69, 9.17) is 39.6 Å². The third-order valence-electron chi connectivity index (χ3n) is 12.2. The SMILES string of the molecule is CC(C)(C)[Si](C)(C)O/N=C1\CCc2cc(Br)ccc21.CCOc1cnccc1C#N.Cc1oc2cnccc2c1N.Cc1oc2cnccc2c1Nc1ccc2c(c1)CC/C2=N\OO.N#Cc1ccncc1Br. The number of anilines is 3. The largest absolute Gasteiger partial charge is 0.491 e. The number of furan rings is 2. The van der Waals surface area contributed by atoms with Crippen LogP contribution in [0.2, 0.25) is 18.1 Å². The van der Waals surface area contributed by atoms with Crippen molar-refractivity contribution in [1.29, 1.82) is 10.5 Å². The first kappa shape index (κ1) is 54.9. The van der Waals surface area contributed by atoms with Crippen LogP contribution >= 0.6 is 31.9 Å². The van der Waals surface area contributed by atoms with Gasteiger partial charge in [0.2, 0.25) is 0 Å². The first-order valence-corrected chi connectivity index (χ1v) is 27.7. The Morgan fingerprint density at radius 3 is 1.90 bits per heavy atom. The summed E-state index contributed by atoms with van der Waals surface area (Å²) in [6.07, 6.45) is 16.8. The first-order valence-electron chi connectivity index (χ1n) is 23.2. The van der Waals surface area contributed by atoms with E-state index in [1.807, 2.05) is 57.2 Å². The van der Waals surface area contributed by atoms with Gasteiger partial charge in [0.15, 0.2) is 16.9 Å². The number of nitrogens with zero attached hydrogens (tertiary/aromatic N) is 8. The predicted octanol–water partition coefficient (Wildman–Crippen LogP) is 13.9. The molecule has 2 aliphatic rings. The molecule has 0 spiro atoms. The van der Waals surface area contributed by atoms with E-state index in [0.29, 0.717) is 29.2 Å². The van der Waals surface area contributed by atoms with Crippen LogP contribution in [-0.2, 0) is 22.4 Å². The van der Waals surface area contributed by atoms with Crippen LogP contribution in [0.3, 0.4) is 0 Å². The van der Waals surface area contributed by atoms with E-state index in [1.54, 1.807) is 61.7 Å². The Morgan fingerprint density at radius 2 is 1.30 bits per heavy atom. The molecule has 16 nitrogen and oxygen atoms in total. The molecular formula is C54H56Br2N10O6Si. The minimum absolute atomic E-state index is 0.193. The summed E-state index contributed by atoms with van der Waals surface area (Å²) in [5.41, 5.74) is 17.7. The number of rotatable bonds is 7. The molecule has 0 radical (unpaired) electrons. The fraction of sp³-hybridized carbons (Fsp3) is 0.259. The van der Waals surface area contributed by atoms with Gasteiger partial charge in [-0.1, -0.05) is 48.8 Å². The zero-order chi connectivity index (χ0) is 52.7. The van der Waals surface area contributed by atoms with Gasteiger partial charge in [0, 0.05) is 63.0 Å². The third-order valence-corrected chi connectivity index (χ3v) is 17.4. The highest BCUT2D eigenvalue weighted by molar-refractivity contribution is 9.10. The number of pyridine rings is 4. The summed E-state index contributed by atoms with van der Waals surface area (Å²) in [5, 5.41) is 39.2. The minimum Gasteiger partial charge on any atom is -0.491 e. The van der Waals surface area contributed by atoms with Crippen LogP contribution in [0.1, 0.15) is 85.4 Å². The van der Waals surface area contributed by atoms with Crippen LogP contribution in [0.4, 0.5) is 17.1 Å². The van der Waals surface area contributed by atoms with E-state index in [0.717, 1.165) is 96.4 Å². The van der Waals surface area contributed by atoms with E-state index in [9.17, 15) is 0 Å². The number of nitrogen functional groups attached to an aromatic ring is 1. The van der Waals surface area contributed by atoms with E-state index in [1.165, 1.54) is 16.7 Å². The Balaban J connectivity index is 0.000000156. The number of halogens is 2. The van der Waals surface area contributed by atoms with Crippen LogP contribution in [0.15, 0.2) is 138 Å². The van der Waals surface area contributed by atoms with Crippen molar-refractivity contribution in [3.05, 3.63) is 164 Å². The fourth-order valence-corrected chi connectivity index (χ4v) is 8.57. The number of ether oxygens (including phenoxy) is 1. The number of benzene rings is 2. The molecule has 6 aromatic heterocycles. The number of hydrogen-bond donors (Lipinski definition) is 3. The maximum absolute atomic E-state index is 8.59. The predicted molar refractivity (Wildman–Crippen MR) is 294 cm³/mol. The highest BCUT2D eigenvalue weighted by Crippen LogP contribution is 2.38. The van der Waals surface area contributed by atoms with Crippen molar-refractivity contribution in [2.75, 3.05) is 17.7 Å². The normalized spacial score (nSPS) is 13.3. The lowest BCUT2D eigenvalue weighted by Crippen LogP contribution is -2.39. The lowest BCUT2D eigenvalue weighted by Gasteiger charge is -2.33.